The van der Waals surface area contributed by atoms with Crippen molar-refractivity contribution in [3.05, 3.63) is 188 Å². The number of hydrogen-bond donors (Lipinski definition) is 0. The van der Waals surface area contributed by atoms with Gasteiger partial charge in [-0.15, -0.1) is 0 Å². The highest BCUT2D eigenvalue weighted by Gasteiger charge is 2.41. The van der Waals surface area contributed by atoms with Gasteiger partial charge in [0.1, 0.15) is 6.67 Å². The molecule has 19 rings (SSSR count). The van der Waals surface area contributed by atoms with Crippen LogP contribution in [-0.4, -0.2) is 230 Å². The Labute approximate surface area is 831 Å². The Bertz CT molecular complexity index is 4510. The van der Waals surface area contributed by atoms with Crippen LogP contribution in [0, 0.1) is 83.1 Å². The van der Waals surface area contributed by atoms with E-state index in [1.165, 1.54) is 311 Å². The van der Waals surface area contributed by atoms with E-state index in [4.69, 9.17) is 0 Å². The molecule has 12 aliphatic rings. The average Bonchev–Trinajstić information content (AvgIpc) is 1.61. The highest BCUT2D eigenvalue weighted by Crippen LogP contribution is 2.50. The molecular weight excluding hydrogens is 1670 g/mol. The number of aryl methyl sites for hydroxylation is 12. The minimum Gasteiger partial charge on any atom is -0.352 e. The first-order valence-corrected chi connectivity index (χ1v) is 54.0. The van der Waals surface area contributed by atoms with Crippen molar-refractivity contribution >= 4 is 56.9 Å². The SMILES string of the molecule is C1CCC(N2CCN(C3CCCCC3)C2)CC1.CC(C)(C)N1CCN(C(C)(C)C)C1.CC(C)(C)N1CN(C(C)(C)C)c2ccccc21.CC(C)N1CCN(C(C)C)C1.CN1CCN(C)C1.Cc1cc(C)c(N2CCN(c3c(C)cc(C)cc3C)C2)c(C)c1.Cc1cc(C)c(N2CN(c3c(C)cc(C)cc3C)c3ccccc32)c(C)c1.c1ccc2c(c1)N(C1CCCCC1)CN2C1CCCCC1. The van der Waals surface area contributed by atoms with Gasteiger partial charge in [-0.1, -0.05) is 184 Å². The molecule has 0 N–H and O–H groups in total. The van der Waals surface area contributed by atoms with E-state index in [0.29, 0.717) is 23.2 Å². The van der Waals surface area contributed by atoms with Crippen LogP contribution in [0.4, 0.5) is 56.9 Å². The molecule has 16 nitrogen and oxygen atoms in total. The number of likely N-dealkylation sites (N-methyl/N-ethyl adjacent to an activating group) is 2. The first kappa shape index (κ1) is 107. The summed E-state index contributed by atoms with van der Waals surface area (Å²) in [5.41, 5.74) is 31.0. The molecule has 5 saturated heterocycles. The van der Waals surface area contributed by atoms with Crippen LogP contribution in [0.15, 0.2) is 121 Å². The smallest absolute Gasteiger partial charge is 0.100 e. The zero-order chi connectivity index (χ0) is 98.4. The number of para-hydroxylation sites is 6. The second-order valence-electron chi connectivity index (χ2n) is 47.7. The van der Waals surface area contributed by atoms with Gasteiger partial charge in [-0.3, -0.25) is 39.2 Å². The molecule has 8 aliphatic heterocycles. The van der Waals surface area contributed by atoms with Crippen molar-refractivity contribution in [2.75, 3.05) is 172 Å². The summed E-state index contributed by atoms with van der Waals surface area (Å²) in [6.07, 6.45) is 28.9. The molecule has 0 spiro atoms. The fourth-order valence-electron chi connectivity index (χ4n) is 24.3. The molecule has 4 saturated carbocycles. The molecule has 16 heteroatoms. The minimum atomic E-state index is 0.163. The predicted molar refractivity (Wildman–Crippen MR) is 592 cm³/mol. The number of rotatable bonds is 10. The number of fused-ring (bicyclic) bond motifs is 3. The van der Waals surface area contributed by atoms with Crippen LogP contribution < -0.4 is 39.2 Å². The van der Waals surface area contributed by atoms with Crippen LogP contribution >= 0.6 is 0 Å². The predicted octanol–water partition coefficient (Wildman–Crippen LogP) is 27.0. The fraction of sp³-hybridized carbons (Fsp3) is 0.650. The van der Waals surface area contributed by atoms with Gasteiger partial charge in [-0.25, -0.2) is 0 Å². The van der Waals surface area contributed by atoms with E-state index in [9.17, 15) is 0 Å². The lowest BCUT2D eigenvalue weighted by Crippen LogP contribution is -2.48. The minimum absolute atomic E-state index is 0.163. The molecule has 7 aromatic carbocycles. The first-order valence-electron chi connectivity index (χ1n) is 54.0. The number of hydrogen-bond acceptors (Lipinski definition) is 16. The van der Waals surface area contributed by atoms with Crippen LogP contribution in [-0.2, 0) is 0 Å². The van der Waals surface area contributed by atoms with Crippen molar-refractivity contribution < 1.29 is 0 Å². The van der Waals surface area contributed by atoms with Crippen molar-refractivity contribution in [2.45, 2.75) is 381 Å². The van der Waals surface area contributed by atoms with Gasteiger partial charge in [0.05, 0.1) is 80.8 Å². The Morgan fingerprint density at radius 2 is 0.537 bits per heavy atom. The van der Waals surface area contributed by atoms with Gasteiger partial charge in [0.2, 0.25) is 0 Å². The summed E-state index contributed by atoms with van der Waals surface area (Å²) in [7, 11) is 4.28. The maximum absolute atomic E-state index is 2.79. The highest BCUT2D eigenvalue weighted by atomic mass is 15.5. The molecule has 0 radical (unpaired) electrons. The summed E-state index contributed by atoms with van der Waals surface area (Å²) < 4.78 is 0. The third-order valence-corrected chi connectivity index (χ3v) is 31.6. The Morgan fingerprint density at radius 1 is 0.250 bits per heavy atom. The normalized spacial score (nSPS) is 20.1. The summed E-state index contributed by atoms with van der Waals surface area (Å²) >= 11 is 0. The monoisotopic (exact) mass is 1860 g/mol. The molecule has 0 atom stereocenters. The van der Waals surface area contributed by atoms with E-state index < -0.39 is 0 Å². The lowest BCUT2D eigenvalue weighted by atomic mass is 9.94. The zero-order valence-electron chi connectivity index (χ0n) is 92.0. The fourth-order valence-corrected chi connectivity index (χ4v) is 24.3. The van der Waals surface area contributed by atoms with E-state index in [2.05, 4.69) is 408 Å². The molecule has 0 unspecified atom stereocenters. The standard InChI is InChI=1S/C25H28N2.C21H28N2.C19H28N2.C15H28N2.C15H24N2.C11H24N2.C9H20N2.C5H12N2/c1-16-11-18(3)24(19(4)12-16)26-15-27(23-10-8-7-9-22(23)26)25-20(5)13-17(2)14-21(25)6;1-14-9-16(3)20(17(4)10-14)22-7-8-23(13-22)21-18(5)11-15(2)12-19(21)6;1-3-9-16(10-4-1)20-15-21(17-11-5-2-6-12-17)19-14-8-7-13-18(19)20;1-3-7-14(8-4-1)16-11-12-17(13-16)15-9-5-2-6-10-15;1-14(2,3)16-11-17(15(4,5)6)13-10-8-7-9-12(13)16;1-10(2,3)12-7-8-13(9-12)11(4,5)6;1-8(2)10-5-6-11(7-10)9(3)4;1-6-3-4-7(2)5-6/h7-14H,15H2,1-6H3;9-12H,7-8,13H2,1-6H3;7-8,13-14,16-17H,1-6,9-12,15H2;14-15H,1-13H2;7-10H,11H2,1-6H3;7-9H2,1-6H3;8-9H,5-7H2,1-4H3;3-5H2,1-2H3. The Balaban J connectivity index is 0.000000143. The largest absolute Gasteiger partial charge is 0.352 e. The van der Waals surface area contributed by atoms with E-state index in [0.717, 1.165) is 83.9 Å². The molecule has 9 fully saturated rings. The molecule has 4 aliphatic carbocycles. The maximum Gasteiger partial charge on any atom is 0.100 e. The zero-order valence-corrected chi connectivity index (χ0v) is 92.0. The summed E-state index contributed by atoms with van der Waals surface area (Å²) in [6.45, 7) is 83.9. The van der Waals surface area contributed by atoms with Gasteiger partial charge >= 0.3 is 0 Å². The van der Waals surface area contributed by atoms with Crippen molar-refractivity contribution in [3.63, 3.8) is 0 Å². The first-order chi connectivity index (χ1) is 64.4. The molecule has 752 valence electrons. The Hall–Kier alpha value is -7.38. The van der Waals surface area contributed by atoms with Crippen LogP contribution in [0.5, 0.6) is 0 Å². The van der Waals surface area contributed by atoms with Crippen molar-refractivity contribution in [1.29, 1.82) is 0 Å². The van der Waals surface area contributed by atoms with E-state index in [1.54, 1.807) is 0 Å². The van der Waals surface area contributed by atoms with Crippen LogP contribution in [0.2, 0.25) is 0 Å². The van der Waals surface area contributed by atoms with E-state index in [-0.39, 0.29) is 11.1 Å². The summed E-state index contributed by atoms with van der Waals surface area (Å²) in [6, 6.07) is 49.8. The Kier molecular flexibility index (Phi) is 37.9. The summed E-state index contributed by atoms with van der Waals surface area (Å²) in [4.78, 5) is 40.7. The summed E-state index contributed by atoms with van der Waals surface area (Å²) in [5.74, 6) is 0. The van der Waals surface area contributed by atoms with Gasteiger partial charge in [-0.05, 0) is 340 Å². The van der Waals surface area contributed by atoms with E-state index in [1.807, 2.05) is 0 Å². The lowest BCUT2D eigenvalue weighted by molar-refractivity contribution is 0.0959. The molecular formula is C120H192N16. The van der Waals surface area contributed by atoms with E-state index >= 15 is 0 Å². The van der Waals surface area contributed by atoms with Crippen molar-refractivity contribution in [3.8, 4) is 0 Å². The highest BCUT2D eigenvalue weighted by molar-refractivity contribution is 5.90. The van der Waals surface area contributed by atoms with Gasteiger partial charge in [0, 0.05) is 147 Å². The van der Waals surface area contributed by atoms with Crippen LogP contribution in [0.3, 0.4) is 0 Å². The van der Waals surface area contributed by atoms with Gasteiger partial charge in [0.25, 0.3) is 0 Å². The second kappa shape index (κ2) is 47.9. The molecule has 0 bridgehead atoms. The summed E-state index contributed by atoms with van der Waals surface area (Å²) in [5, 5.41) is 0. The molecule has 7 aromatic rings. The van der Waals surface area contributed by atoms with Crippen LogP contribution in [0.25, 0.3) is 0 Å². The average molecular weight is 1860 g/mol. The molecule has 136 heavy (non-hydrogen) atoms. The molecule has 8 heterocycles. The quantitative estimate of drug-likeness (QED) is 0.130. The number of nitrogens with zero attached hydrogens (tertiary/aromatic N) is 16. The number of anilines is 10. The van der Waals surface area contributed by atoms with Gasteiger partial charge in [0.15, 0.2) is 0 Å². The van der Waals surface area contributed by atoms with Gasteiger partial charge < -0.3 is 39.2 Å². The topological polar surface area (TPSA) is 51.8 Å². The third-order valence-electron chi connectivity index (χ3n) is 31.6. The number of benzene rings is 7. The third kappa shape index (κ3) is 28.1. The maximum atomic E-state index is 2.79. The van der Waals surface area contributed by atoms with Crippen molar-refractivity contribution in [2.24, 2.45) is 0 Å². The van der Waals surface area contributed by atoms with Crippen LogP contribution in [0.1, 0.15) is 306 Å². The molecule has 0 amide bonds. The molecule has 0 aromatic heterocycles. The Morgan fingerprint density at radius 3 is 0.801 bits per heavy atom. The van der Waals surface area contributed by atoms with Gasteiger partial charge in [-0.2, -0.15) is 0 Å². The lowest BCUT2D eigenvalue weighted by Gasteiger charge is -2.38. The second-order valence-corrected chi connectivity index (χ2v) is 47.7. The van der Waals surface area contributed by atoms with Crippen molar-refractivity contribution in [1.82, 2.24) is 39.2 Å².